The first kappa shape index (κ1) is 35.6. The molecule has 2 bridgehead atoms. The highest BCUT2D eigenvalue weighted by molar-refractivity contribution is 7.98. The predicted molar refractivity (Wildman–Crippen MR) is 185 cm³/mol. The fourth-order valence-corrected chi connectivity index (χ4v) is 11.9. The van der Waals surface area contributed by atoms with Gasteiger partial charge in [-0.25, -0.2) is 4.39 Å². The number of hydrogen-bond acceptors (Lipinski definition) is 8. The molecule has 0 radical (unpaired) electrons. The molecule has 3 aliphatic heterocycles. The molecule has 0 aromatic carbocycles. The largest absolute Gasteiger partial charge is 0.342 e. The van der Waals surface area contributed by atoms with Gasteiger partial charge >= 0.3 is 0 Å². The third-order valence-corrected chi connectivity index (χ3v) is 13.8. The van der Waals surface area contributed by atoms with Crippen molar-refractivity contribution in [2.75, 3.05) is 20.1 Å². The number of nitrogens with two attached hydrogens (primary N) is 2. The topological polar surface area (TPSA) is 120 Å². The van der Waals surface area contributed by atoms with Crippen LogP contribution in [0.25, 0.3) is 0 Å². The molecular formula is C35H64FN7OS. The lowest BCUT2D eigenvalue weighted by atomic mass is 9.57. The Kier molecular flexibility index (Phi) is 12.7. The van der Waals surface area contributed by atoms with E-state index in [0.29, 0.717) is 18.0 Å². The summed E-state index contributed by atoms with van der Waals surface area (Å²) in [4.78, 5) is 16.9. The minimum Gasteiger partial charge on any atom is -0.342 e. The minimum atomic E-state index is -0.829. The number of nitrogens with one attached hydrogen (secondary N) is 4. The number of allylic oxidation sites excluding steroid dienone is 1. The van der Waals surface area contributed by atoms with Gasteiger partial charge in [0.15, 0.2) is 0 Å². The zero-order valence-electron chi connectivity index (χ0n) is 28.5. The maximum atomic E-state index is 15.4. The van der Waals surface area contributed by atoms with E-state index in [1.165, 1.54) is 51.4 Å². The summed E-state index contributed by atoms with van der Waals surface area (Å²) in [6, 6.07) is 1.26. The number of carbonyl (C=O) groups is 1. The highest BCUT2D eigenvalue weighted by Crippen LogP contribution is 2.56. The van der Waals surface area contributed by atoms with Crippen molar-refractivity contribution in [3.05, 3.63) is 11.9 Å². The summed E-state index contributed by atoms with van der Waals surface area (Å²) in [5.41, 5.74) is 13.3. The molecule has 10 heteroatoms. The highest BCUT2D eigenvalue weighted by Gasteiger charge is 2.54. The van der Waals surface area contributed by atoms with E-state index in [1.54, 1.807) is 11.9 Å². The van der Waals surface area contributed by atoms with Gasteiger partial charge in [0.1, 0.15) is 5.83 Å². The molecule has 4 fully saturated rings. The molecule has 0 aromatic heterocycles. The summed E-state index contributed by atoms with van der Waals surface area (Å²) >= 11 is 1.62. The lowest BCUT2D eigenvalue weighted by molar-refractivity contribution is -0.131. The summed E-state index contributed by atoms with van der Waals surface area (Å²) in [7, 11) is 2.04. The first-order valence-corrected chi connectivity index (χ1v) is 19.3. The number of amides is 1. The van der Waals surface area contributed by atoms with E-state index in [1.807, 2.05) is 13.1 Å². The Morgan fingerprint density at radius 1 is 1.16 bits per heavy atom. The van der Waals surface area contributed by atoms with Crippen molar-refractivity contribution >= 4 is 17.9 Å². The van der Waals surface area contributed by atoms with Crippen LogP contribution in [0.4, 0.5) is 4.39 Å². The van der Waals surface area contributed by atoms with Gasteiger partial charge in [-0.15, -0.1) is 0 Å². The second-order valence-electron chi connectivity index (χ2n) is 15.3. The summed E-state index contributed by atoms with van der Waals surface area (Å²) < 4.78 is 19.0. The van der Waals surface area contributed by atoms with Gasteiger partial charge in [-0.1, -0.05) is 57.1 Å². The van der Waals surface area contributed by atoms with Gasteiger partial charge in [0.25, 0.3) is 0 Å². The molecule has 258 valence electrons. The first-order valence-electron chi connectivity index (χ1n) is 18.4. The average molecular weight is 650 g/mol. The Morgan fingerprint density at radius 2 is 1.87 bits per heavy atom. The molecule has 2 saturated carbocycles. The Bertz CT molecular complexity index is 989. The van der Waals surface area contributed by atoms with Gasteiger partial charge in [-0.3, -0.25) is 14.4 Å². The van der Waals surface area contributed by atoms with E-state index in [4.69, 9.17) is 11.5 Å². The van der Waals surface area contributed by atoms with Crippen LogP contribution in [-0.4, -0.2) is 72.7 Å². The standard InChI is InChI=1S/C35H64FN7OS/c1-5-27-31(43-19-11-18-35(27,24-12-6-7-13-24)17-10-14-25(36)21-43)30(32(37)38)33(44)41-34-29(23(3)42-45-34)28(39-4)20-22(2)40-26-15-8-9-16-26/h14,22-24,26-32,34,39-40,42H,5-13,15-21,37-38H2,1-4H3,(H,41,44). The van der Waals surface area contributed by atoms with Gasteiger partial charge < -0.3 is 27.4 Å². The van der Waals surface area contributed by atoms with Crippen LogP contribution in [0.5, 0.6) is 0 Å². The monoisotopic (exact) mass is 649 g/mol. The van der Waals surface area contributed by atoms with Gasteiger partial charge in [-0.2, -0.15) is 0 Å². The van der Waals surface area contributed by atoms with Gasteiger partial charge in [0, 0.05) is 36.1 Å². The van der Waals surface area contributed by atoms with E-state index in [-0.39, 0.29) is 59.0 Å². The van der Waals surface area contributed by atoms with Crippen LogP contribution in [0.3, 0.4) is 0 Å². The van der Waals surface area contributed by atoms with Gasteiger partial charge in [0.05, 0.1) is 24.0 Å². The van der Waals surface area contributed by atoms with E-state index < -0.39 is 12.1 Å². The van der Waals surface area contributed by atoms with Crippen molar-refractivity contribution in [1.29, 1.82) is 0 Å². The molecule has 10 atom stereocenters. The molecule has 3 heterocycles. The van der Waals surface area contributed by atoms with Crippen molar-refractivity contribution in [2.24, 2.45) is 40.6 Å². The van der Waals surface area contributed by atoms with E-state index in [9.17, 15) is 4.79 Å². The fourth-order valence-electron chi connectivity index (χ4n) is 10.6. The van der Waals surface area contributed by atoms with Crippen molar-refractivity contribution in [3.63, 3.8) is 0 Å². The zero-order valence-corrected chi connectivity index (χ0v) is 29.4. The summed E-state index contributed by atoms with van der Waals surface area (Å²) in [6.07, 6.45) is 17.1. The Morgan fingerprint density at radius 3 is 2.53 bits per heavy atom. The Hall–Kier alpha value is -0.750. The molecule has 1 amide bonds. The van der Waals surface area contributed by atoms with Gasteiger partial charge in [0.2, 0.25) is 5.91 Å². The number of rotatable bonds is 12. The van der Waals surface area contributed by atoms with E-state index in [2.05, 4.69) is 46.3 Å². The molecule has 10 unspecified atom stereocenters. The number of nitrogens with zero attached hydrogens (tertiary/aromatic N) is 1. The van der Waals surface area contributed by atoms with Crippen LogP contribution in [0.2, 0.25) is 0 Å². The van der Waals surface area contributed by atoms with Crippen LogP contribution in [0.15, 0.2) is 11.9 Å². The molecule has 2 saturated heterocycles. The Labute approximate surface area is 277 Å². The maximum Gasteiger partial charge on any atom is 0.228 e. The number of carbonyl (C=O) groups excluding carboxylic acids is 1. The minimum absolute atomic E-state index is 0.0744. The normalized spacial score (nSPS) is 37.1. The van der Waals surface area contributed by atoms with Crippen LogP contribution >= 0.6 is 11.9 Å². The van der Waals surface area contributed by atoms with Crippen LogP contribution in [-0.2, 0) is 4.79 Å². The lowest BCUT2D eigenvalue weighted by Crippen LogP contribution is -2.62. The third kappa shape index (κ3) is 7.94. The van der Waals surface area contributed by atoms with Crippen molar-refractivity contribution in [3.8, 4) is 0 Å². The van der Waals surface area contributed by atoms with E-state index >= 15 is 4.39 Å². The summed E-state index contributed by atoms with van der Waals surface area (Å²) in [6.45, 7) is 7.81. The van der Waals surface area contributed by atoms with Gasteiger partial charge in [-0.05, 0) is 102 Å². The summed E-state index contributed by atoms with van der Waals surface area (Å²) in [5, 5.41) is 10.8. The number of fused-ring (bicyclic) bond motifs is 3. The van der Waals surface area contributed by atoms with E-state index in [0.717, 1.165) is 45.1 Å². The van der Waals surface area contributed by atoms with Crippen LogP contribution in [0.1, 0.15) is 111 Å². The highest BCUT2D eigenvalue weighted by atomic mass is 32.2. The van der Waals surface area contributed by atoms with Crippen LogP contribution < -0.4 is 32.1 Å². The smallest absolute Gasteiger partial charge is 0.228 e. The second-order valence-corrected chi connectivity index (χ2v) is 16.3. The molecule has 45 heavy (non-hydrogen) atoms. The number of halogens is 1. The number of hydrogen-bond donors (Lipinski definition) is 6. The van der Waals surface area contributed by atoms with Crippen molar-refractivity contribution in [1.82, 2.24) is 25.6 Å². The predicted octanol–water partition coefficient (Wildman–Crippen LogP) is 4.76. The molecule has 5 aliphatic rings. The summed E-state index contributed by atoms with van der Waals surface area (Å²) in [5.74, 6) is 0.282. The maximum absolute atomic E-state index is 15.4. The van der Waals surface area contributed by atoms with Crippen molar-refractivity contribution < 1.29 is 9.18 Å². The third-order valence-electron chi connectivity index (χ3n) is 12.6. The lowest BCUT2D eigenvalue weighted by Gasteiger charge is -2.51. The molecule has 0 aromatic rings. The molecule has 8 nitrogen and oxygen atoms in total. The quantitative estimate of drug-likeness (QED) is 0.132. The fraction of sp³-hybridized carbons (Fsp3) is 0.914. The zero-order chi connectivity index (χ0) is 32.1. The molecule has 2 aliphatic carbocycles. The Balaban J connectivity index is 1.39. The first-order chi connectivity index (χ1) is 21.7. The molecular weight excluding hydrogens is 585 g/mol. The molecule has 8 N–H and O–H groups in total. The van der Waals surface area contributed by atoms with Crippen molar-refractivity contribution in [2.45, 2.75) is 152 Å². The average Bonchev–Trinajstić information content (AvgIpc) is 3.77. The molecule has 5 rings (SSSR count). The SMILES string of the molecule is CCC1C(C(C(=O)NC2SNC(C)C2C(CC(C)NC2CCCC2)NC)C(N)N)N2CCCC1(C1CCCC1)CCC=C(F)C2. The molecule has 0 spiro atoms. The second kappa shape index (κ2) is 16.1. The van der Waals surface area contributed by atoms with Crippen LogP contribution in [0, 0.1) is 29.1 Å².